The Morgan fingerprint density at radius 1 is 0.929 bits per heavy atom. The Morgan fingerprint density at radius 3 is 2.43 bits per heavy atom. The van der Waals surface area contributed by atoms with E-state index in [0.717, 1.165) is 22.6 Å². The van der Waals surface area contributed by atoms with Crippen LogP contribution in [0.25, 0.3) is 16.8 Å². The lowest BCUT2D eigenvalue weighted by Crippen LogP contribution is -1.75. The molecule has 0 fully saturated rings. The molecule has 0 amide bonds. The van der Waals surface area contributed by atoms with E-state index >= 15 is 0 Å². The van der Waals surface area contributed by atoms with Crippen LogP contribution in [0, 0.1) is 0 Å². The van der Waals surface area contributed by atoms with Crippen molar-refractivity contribution in [3.05, 3.63) is 48.2 Å². The highest BCUT2D eigenvalue weighted by Crippen LogP contribution is 2.21. The van der Waals surface area contributed by atoms with E-state index in [9.17, 15) is 5.11 Å². The first-order chi connectivity index (χ1) is 6.79. The van der Waals surface area contributed by atoms with E-state index < -0.39 is 0 Å². The molecule has 0 saturated carbocycles. The average Bonchev–Trinajstić information content (AvgIpc) is 2.19. The smallest absolute Gasteiger partial charge is 0.116 e. The molecule has 0 unspecified atom stereocenters. The summed E-state index contributed by atoms with van der Waals surface area (Å²) in [4.78, 5) is 0. The standard InChI is InChI=1S/C12H10O2/c13-6-5-9-1-2-11-8-12(14)4-3-10(11)7-9/h1-8,13-14H/b6-5+. The van der Waals surface area contributed by atoms with Gasteiger partial charge in [-0.15, -0.1) is 0 Å². The molecule has 0 atom stereocenters. The van der Waals surface area contributed by atoms with E-state index in [4.69, 9.17) is 5.11 Å². The Hall–Kier alpha value is -1.96. The van der Waals surface area contributed by atoms with Gasteiger partial charge in [-0.1, -0.05) is 18.2 Å². The van der Waals surface area contributed by atoms with Crippen molar-refractivity contribution in [2.75, 3.05) is 0 Å². The van der Waals surface area contributed by atoms with Crippen molar-refractivity contribution in [3.63, 3.8) is 0 Å². The van der Waals surface area contributed by atoms with E-state index in [1.54, 1.807) is 18.2 Å². The fourth-order valence-corrected chi connectivity index (χ4v) is 1.44. The lowest BCUT2D eigenvalue weighted by Gasteiger charge is -1.99. The zero-order valence-corrected chi connectivity index (χ0v) is 7.51. The molecule has 0 aliphatic carbocycles. The van der Waals surface area contributed by atoms with Crippen LogP contribution in [0.4, 0.5) is 0 Å². The summed E-state index contributed by atoms with van der Waals surface area (Å²) < 4.78 is 0. The molecular weight excluding hydrogens is 176 g/mol. The zero-order valence-electron chi connectivity index (χ0n) is 7.51. The Labute approximate surface area is 81.7 Å². The van der Waals surface area contributed by atoms with Crippen molar-refractivity contribution < 1.29 is 10.2 Å². The number of aromatic hydroxyl groups is 1. The third-order valence-corrected chi connectivity index (χ3v) is 2.11. The number of fused-ring (bicyclic) bond motifs is 1. The lowest BCUT2D eigenvalue weighted by molar-refractivity contribution is 0.476. The van der Waals surface area contributed by atoms with Crippen molar-refractivity contribution in [2.45, 2.75) is 0 Å². The molecular formula is C12H10O2. The highest BCUT2D eigenvalue weighted by molar-refractivity contribution is 5.85. The third-order valence-electron chi connectivity index (χ3n) is 2.11. The normalized spacial score (nSPS) is 11.1. The molecule has 2 aromatic rings. The van der Waals surface area contributed by atoms with E-state index in [0.29, 0.717) is 0 Å². The summed E-state index contributed by atoms with van der Waals surface area (Å²) in [5.74, 6) is 0.267. The predicted octanol–water partition coefficient (Wildman–Crippen LogP) is 3.07. The molecule has 0 heterocycles. The number of hydrogen-bond donors (Lipinski definition) is 2. The second kappa shape index (κ2) is 3.42. The molecule has 2 nitrogen and oxygen atoms in total. The first-order valence-corrected chi connectivity index (χ1v) is 4.33. The molecule has 2 rings (SSSR count). The maximum Gasteiger partial charge on any atom is 0.116 e. The number of aliphatic hydroxyl groups excluding tert-OH is 1. The first-order valence-electron chi connectivity index (χ1n) is 4.33. The highest BCUT2D eigenvalue weighted by atomic mass is 16.3. The van der Waals surface area contributed by atoms with Crippen molar-refractivity contribution >= 4 is 16.8 Å². The molecule has 70 valence electrons. The number of phenolic OH excluding ortho intramolecular Hbond substituents is 1. The summed E-state index contributed by atoms with van der Waals surface area (Å²) >= 11 is 0. The van der Waals surface area contributed by atoms with Gasteiger partial charge in [-0.3, -0.25) is 0 Å². The van der Waals surface area contributed by atoms with Gasteiger partial charge in [0.2, 0.25) is 0 Å². The maximum absolute atomic E-state index is 9.25. The molecule has 0 radical (unpaired) electrons. The average molecular weight is 186 g/mol. The van der Waals surface area contributed by atoms with E-state index in [1.165, 1.54) is 0 Å². The Balaban J connectivity index is 2.61. The quantitative estimate of drug-likeness (QED) is 0.672. The van der Waals surface area contributed by atoms with Gasteiger partial charge in [0.25, 0.3) is 0 Å². The van der Waals surface area contributed by atoms with Gasteiger partial charge >= 0.3 is 0 Å². The molecule has 2 heteroatoms. The van der Waals surface area contributed by atoms with Crippen LogP contribution in [-0.4, -0.2) is 10.2 Å². The predicted molar refractivity (Wildman–Crippen MR) is 57.3 cm³/mol. The molecule has 0 spiro atoms. The summed E-state index contributed by atoms with van der Waals surface area (Å²) in [7, 11) is 0. The molecule has 0 aliphatic heterocycles. The summed E-state index contributed by atoms with van der Waals surface area (Å²) in [6, 6.07) is 10.9. The van der Waals surface area contributed by atoms with Crippen LogP contribution in [0.5, 0.6) is 5.75 Å². The first kappa shape index (κ1) is 8.63. The minimum absolute atomic E-state index is 0.267. The Kier molecular flexibility index (Phi) is 2.11. The van der Waals surface area contributed by atoms with E-state index in [-0.39, 0.29) is 5.75 Å². The summed E-state index contributed by atoms with van der Waals surface area (Å²) in [5, 5.41) is 19.9. The van der Waals surface area contributed by atoms with Crippen molar-refractivity contribution in [2.24, 2.45) is 0 Å². The van der Waals surface area contributed by atoms with Gasteiger partial charge in [0.1, 0.15) is 5.75 Å². The van der Waals surface area contributed by atoms with Gasteiger partial charge in [0.05, 0.1) is 6.26 Å². The van der Waals surface area contributed by atoms with Gasteiger partial charge in [-0.25, -0.2) is 0 Å². The zero-order chi connectivity index (χ0) is 9.97. The Morgan fingerprint density at radius 2 is 1.64 bits per heavy atom. The van der Waals surface area contributed by atoms with Crippen LogP contribution < -0.4 is 0 Å². The SMILES string of the molecule is O/C=C/c1ccc2cc(O)ccc2c1. The molecule has 0 saturated heterocycles. The molecule has 0 aromatic heterocycles. The van der Waals surface area contributed by atoms with Crippen LogP contribution in [0.15, 0.2) is 42.7 Å². The number of benzene rings is 2. The number of phenols is 1. The largest absolute Gasteiger partial charge is 0.516 e. The van der Waals surface area contributed by atoms with Gasteiger partial charge in [-0.05, 0) is 40.6 Å². The van der Waals surface area contributed by atoms with Crippen LogP contribution in [0.2, 0.25) is 0 Å². The topological polar surface area (TPSA) is 40.5 Å². The third kappa shape index (κ3) is 1.55. The van der Waals surface area contributed by atoms with Crippen LogP contribution in [-0.2, 0) is 0 Å². The number of aliphatic hydroxyl groups is 1. The van der Waals surface area contributed by atoms with Crippen molar-refractivity contribution in [3.8, 4) is 5.75 Å². The van der Waals surface area contributed by atoms with Crippen LogP contribution >= 0.6 is 0 Å². The minimum atomic E-state index is 0.267. The summed E-state index contributed by atoms with van der Waals surface area (Å²) in [6.45, 7) is 0. The summed E-state index contributed by atoms with van der Waals surface area (Å²) in [5.41, 5.74) is 0.936. The second-order valence-electron chi connectivity index (χ2n) is 3.11. The molecule has 0 bridgehead atoms. The van der Waals surface area contributed by atoms with Crippen LogP contribution in [0.3, 0.4) is 0 Å². The molecule has 0 aliphatic rings. The van der Waals surface area contributed by atoms with Gasteiger partial charge in [0, 0.05) is 0 Å². The van der Waals surface area contributed by atoms with Crippen LogP contribution in [0.1, 0.15) is 5.56 Å². The summed E-state index contributed by atoms with van der Waals surface area (Å²) in [6.07, 6.45) is 2.63. The number of rotatable bonds is 1. The number of hydrogen-bond acceptors (Lipinski definition) is 2. The van der Waals surface area contributed by atoms with Crippen molar-refractivity contribution in [1.82, 2.24) is 0 Å². The Bertz CT molecular complexity index is 487. The van der Waals surface area contributed by atoms with Gasteiger partial charge < -0.3 is 10.2 Å². The van der Waals surface area contributed by atoms with E-state index in [2.05, 4.69) is 0 Å². The highest BCUT2D eigenvalue weighted by Gasteiger charge is 1.95. The second-order valence-corrected chi connectivity index (χ2v) is 3.11. The fraction of sp³-hybridized carbons (Fsp3) is 0. The van der Waals surface area contributed by atoms with Gasteiger partial charge in [0.15, 0.2) is 0 Å². The molecule has 14 heavy (non-hydrogen) atoms. The lowest BCUT2D eigenvalue weighted by atomic mass is 10.1. The van der Waals surface area contributed by atoms with Crippen molar-refractivity contribution in [1.29, 1.82) is 0 Å². The molecule has 2 aromatic carbocycles. The van der Waals surface area contributed by atoms with E-state index in [1.807, 2.05) is 24.3 Å². The molecule has 2 N–H and O–H groups in total. The monoisotopic (exact) mass is 186 g/mol. The fourth-order valence-electron chi connectivity index (χ4n) is 1.44. The minimum Gasteiger partial charge on any atom is -0.516 e. The van der Waals surface area contributed by atoms with Gasteiger partial charge in [-0.2, -0.15) is 0 Å². The maximum atomic E-state index is 9.25.